The van der Waals surface area contributed by atoms with Gasteiger partial charge in [0.1, 0.15) is 11.0 Å². The van der Waals surface area contributed by atoms with Crippen molar-refractivity contribution in [2.24, 2.45) is 5.14 Å². The summed E-state index contributed by atoms with van der Waals surface area (Å²) in [4.78, 5) is 12.9. The van der Waals surface area contributed by atoms with Crippen molar-refractivity contribution in [2.45, 2.75) is 11.7 Å². The van der Waals surface area contributed by atoms with Crippen LogP contribution in [0.25, 0.3) is 11.1 Å². The van der Waals surface area contributed by atoms with Crippen LogP contribution in [0, 0.1) is 0 Å². The fraction of sp³-hybridized carbons (Fsp3) is 0.174. The predicted octanol–water partition coefficient (Wildman–Crippen LogP) is 5.28. The molecule has 0 aromatic heterocycles. The maximum Gasteiger partial charge on any atom is 0.257 e. The zero-order valence-corrected chi connectivity index (χ0v) is 19.9. The van der Waals surface area contributed by atoms with Gasteiger partial charge in [-0.15, -0.1) is 11.6 Å². The summed E-state index contributed by atoms with van der Waals surface area (Å²) in [6.07, 6.45) is 0.161. The molecule has 1 heterocycles. The number of alkyl halides is 1. The van der Waals surface area contributed by atoms with Gasteiger partial charge in [0.2, 0.25) is 10.0 Å². The Balaban J connectivity index is 1.73. The number of benzene rings is 3. The lowest BCUT2D eigenvalue weighted by atomic mass is 10.0. The van der Waals surface area contributed by atoms with Gasteiger partial charge in [0.25, 0.3) is 5.91 Å². The number of carbonyl (C=O) groups is 1. The number of carbonyl (C=O) groups excluding carboxylic acids is 1. The molecule has 0 aliphatic carbocycles. The van der Waals surface area contributed by atoms with Crippen LogP contribution in [0.5, 0.6) is 5.75 Å². The molecular formula is C23H21Cl2N3O4S. The quantitative estimate of drug-likeness (QED) is 0.394. The van der Waals surface area contributed by atoms with E-state index >= 15 is 0 Å². The lowest BCUT2D eigenvalue weighted by Crippen LogP contribution is -2.22. The minimum atomic E-state index is -3.87. The molecule has 0 saturated carbocycles. The lowest BCUT2D eigenvalue weighted by molar-refractivity contribution is 0.102. The third-order valence-electron chi connectivity index (χ3n) is 5.45. The minimum absolute atomic E-state index is 0.131. The third-order valence-corrected chi connectivity index (χ3v) is 7.28. The molecule has 1 amide bonds. The first-order valence-corrected chi connectivity index (χ1v) is 12.5. The Morgan fingerprint density at radius 1 is 0.970 bits per heavy atom. The van der Waals surface area contributed by atoms with Crippen LogP contribution >= 0.6 is 23.2 Å². The van der Waals surface area contributed by atoms with Gasteiger partial charge in [-0.3, -0.25) is 4.79 Å². The van der Waals surface area contributed by atoms with Crippen LogP contribution in [0.1, 0.15) is 27.6 Å². The van der Waals surface area contributed by atoms with Gasteiger partial charge in [-0.1, -0.05) is 29.8 Å². The molecular weight excluding hydrogens is 485 g/mol. The molecule has 1 aliphatic rings. The highest BCUT2D eigenvalue weighted by Crippen LogP contribution is 2.38. The van der Waals surface area contributed by atoms with Gasteiger partial charge in [0.05, 0.1) is 34.8 Å². The van der Waals surface area contributed by atoms with Crippen LogP contribution in [0.3, 0.4) is 0 Å². The van der Waals surface area contributed by atoms with Crippen molar-refractivity contribution in [1.29, 1.82) is 0 Å². The van der Waals surface area contributed by atoms with E-state index < -0.39 is 15.3 Å². The van der Waals surface area contributed by atoms with Crippen molar-refractivity contribution < 1.29 is 17.9 Å². The molecule has 4 rings (SSSR count). The number of methoxy groups -OCH3 is 1. The molecule has 0 spiro atoms. The van der Waals surface area contributed by atoms with E-state index in [-0.39, 0.29) is 18.2 Å². The second kappa shape index (κ2) is 9.23. The zero-order valence-electron chi connectivity index (χ0n) is 17.6. The highest BCUT2D eigenvalue weighted by Gasteiger charge is 2.26. The van der Waals surface area contributed by atoms with Gasteiger partial charge < -0.3 is 15.4 Å². The number of fused-ring (bicyclic) bond motifs is 2. The van der Waals surface area contributed by atoms with Gasteiger partial charge >= 0.3 is 0 Å². The predicted molar refractivity (Wildman–Crippen MR) is 132 cm³/mol. The van der Waals surface area contributed by atoms with E-state index in [2.05, 4.69) is 10.6 Å². The standard InChI is InChI=1S/C23H21Cl2N3O4S/c1-32-21-12-14(3-6-17(21)25)13-2-5-16-19(10-13)27-18-7-4-15(11-20(18)28-23(16)29)22(8-9-24)33(26,30)31/h2-7,10-12,22,27H,8-9H2,1H3,(H,28,29)(H2,26,30,31). The summed E-state index contributed by atoms with van der Waals surface area (Å²) in [5.41, 5.74) is 4.32. The van der Waals surface area contributed by atoms with Crippen molar-refractivity contribution in [3.63, 3.8) is 0 Å². The Morgan fingerprint density at radius 3 is 2.39 bits per heavy atom. The number of hydrogen-bond acceptors (Lipinski definition) is 5. The highest BCUT2D eigenvalue weighted by atomic mass is 35.5. The van der Waals surface area contributed by atoms with Gasteiger partial charge in [-0.25, -0.2) is 13.6 Å². The lowest BCUT2D eigenvalue weighted by Gasteiger charge is -2.17. The Bertz CT molecular complexity index is 1350. The maximum atomic E-state index is 12.9. The number of sulfonamides is 1. The summed E-state index contributed by atoms with van der Waals surface area (Å²) in [5.74, 6) is 0.360. The first-order valence-electron chi connectivity index (χ1n) is 9.99. The molecule has 10 heteroatoms. The molecule has 0 bridgehead atoms. The van der Waals surface area contributed by atoms with E-state index in [1.165, 1.54) is 0 Å². The number of anilines is 3. The van der Waals surface area contributed by atoms with E-state index in [0.29, 0.717) is 39.0 Å². The van der Waals surface area contributed by atoms with Crippen molar-refractivity contribution >= 4 is 56.2 Å². The normalized spacial score (nSPS) is 13.8. The Kier molecular flexibility index (Phi) is 6.54. The number of amides is 1. The largest absolute Gasteiger partial charge is 0.495 e. The average Bonchev–Trinajstić information content (AvgIpc) is 2.91. The minimum Gasteiger partial charge on any atom is -0.495 e. The van der Waals surface area contributed by atoms with Crippen LogP contribution in [0.2, 0.25) is 5.02 Å². The summed E-state index contributed by atoms with van der Waals surface area (Å²) >= 11 is 11.9. The van der Waals surface area contributed by atoms with Crippen molar-refractivity contribution in [2.75, 3.05) is 23.6 Å². The monoisotopic (exact) mass is 505 g/mol. The molecule has 172 valence electrons. The molecule has 0 fully saturated rings. The summed E-state index contributed by atoms with van der Waals surface area (Å²) in [6.45, 7) is 0. The molecule has 4 N–H and O–H groups in total. The fourth-order valence-corrected chi connectivity index (χ4v) is 5.31. The fourth-order valence-electron chi connectivity index (χ4n) is 3.79. The van der Waals surface area contributed by atoms with Crippen LogP contribution in [-0.2, 0) is 10.0 Å². The first-order chi connectivity index (χ1) is 15.7. The first kappa shape index (κ1) is 23.4. The van der Waals surface area contributed by atoms with Crippen molar-refractivity contribution in [3.05, 3.63) is 70.7 Å². The summed E-state index contributed by atoms with van der Waals surface area (Å²) in [6, 6.07) is 15.9. The van der Waals surface area contributed by atoms with Crippen LogP contribution in [0.15, 0.2) is 54.6 Å². The maximum absolute atomic E-state index is 12.9. The topological polar surface area (TPSA) is 111 Å². The van der Waals surface area contributed by atoms with E-state index in [9.17, 15) is 13.2 Å². The van der Waals surface area contributed by atoms with E-state index in [1.807, 2.05) is 24.3 Å². The Labute approximate surface area is 201 Å². The number of nitrogens with two attached hydrogens (primary N) is 1. The van der Waals surface area contributed by atoms with E-state index in [4.69, 9.17) is 33.1 Å². The SMILES string of the molecule is COc1cc(-c2ccc3c(c2)Nc2ccc(C(CCCl)S(N)(=O)=O)cc2NC3=O)ccc1Cl. The average molecular weight is 506 g/mol. The van der Waals surface area contributed by atoms with Gasteiger partial charge in [0, 0.05) is 5.88 Å². The smallest absolute Gasteiger partial charge is 0.257 e. The molecule has 33 heavy (non-hydrogen) atoms. The Morgan fingerprint density at radius 2 is 1.70 bits per heavy atom. The molecule has 7 nitrogen and oxygen atoms in total. The summed E-state index contributed by atoms with van der Waals surface area (Å²) in [5, 5.41) is 11.1. The van der Waals surface area contributed by atoms with Crippen LogP contribution < -0.4 is 20.5 Å². The zero-order chi connectivity index (χ0) is 23.8. The van der Waals surface area contributed by atoms with Gasteiger partial charge in [0.15, 0.2) is 0 Å². The molecule has 3 aromatic carbocycles. The molecule has 1 unspecified atom stereocenters. The molecule has 3 aromatic rings. The molecule has 0 radical (unpaired) electrons. The number of nitrogens with one attached hydrogen (secondary N) is 2. The van der Waals surface area contributed by atoms with E-state index in [0.717, 1.165) is 11.1 Å². The second-order valence-electron chi connectivity index (χ2n) is 7.55. The summed E-state index contributed by atoms with van der Waals surface area (Å²) in [7, 11) is -2.32. The van der Waals surface area contributed by atoms with Crippen molar-refractivity contribution in [1.82, 2.24) is 0 Å². The number of primary sulfonamides is 1. The highest BCUT2D eigenvalue weighted by molar-refractivity contribution is 7.89. The van der Waals surface area contributed by atoms with Gasteiger partial charge in [-0.05, 0) is 59.5 Å². The number of rotatable bonds is 6. The van der Waals surface area contributed by atoms with Crippen LogP contribution in [-0.4, -0.2) is 27.3 Å². The number of ether oxygens (including phenoxy) is 1. The molecule has 1 atom stereocenters. The van der Waals surface area contributed by atoms with Crippen molar-refractivity contribution in [3.8, 4) is 16.9 Å². The number of hydrogen-bond donors (Lipinski definition) is 3. The molecule has 1 aliphatic heterocycles. The third kappa shape index (κ3) is 4.79. The molecule has 0 saturated heterocycles. The Hall–Kier alpha value is -2.78. The summed E-state index contributed by atoms with van der Waals surface area (Å²) < 4.78 is 29.4. The van der Waals surface area contributed by atoms with E-state index in [1.54, 1.807) is 37.4 Å². The van der Waals surface area contributed by atoms with Crippen LogP contribution in [0.4, 0.5) is 17.1 Å². The van der Waals surface area contributed by atoms with Gasteiger partial charge in [-0.2, -0.15) is 0 Å². The second-order valence-corrected chi connectivity index (χ2v) is 10.1. The number of halogens is 2.